The second-order valence-electron chi connectivity index (χ2n) is 7.72. The second-order valence-corrected chi connectivity index (χ2v) is 8.96. The molecule has 1 fully saturated rings. The summed E-state index contributed by atoms with van der Waals surface area (Å²) in [5, 5.41) is 11.0. The van der Waals surface area contributed by atoms with Crippen LogP contribution in [0.5, 0.6) is 0 Å². The molecule has 5 rings (SSSR count). The quantitative estimate of drug-likeness (QED) is 0.171. The summed E-state index contributed by atoms with van der Waals surface area (Å²) in [6.45, 7) is 0. The SMILES string of the molecule is IC1NC(c2ccccc2)NC(c2cc(-c3ccccc3)cc(-c3ccccc3)c2)N1. The van der Waals surface area contributed by atoms with Crippen LogP contribution in [-0.2, 0) is 0 Å². The highest BCUT2D eigenvalue weighted by Gasteiger charge is 2.27. The third-order valence-corrected chi connectivity index (χ3v) is 6.31. The Hall–Kier alpha value is -2.51. The molecule has 0 amide bonds. The summed E-state index contributed by atoms with van der Waals surface area (Å²) in [6.07, 6.45) is 0.106. The molecule has 1 saturated heterocycles. The van der Waals surface area contributed by atoms with Crippen LogP contribution in [0, 0.1) is 0 Å². The Bertz CT molecular complexity index is 1080. The lowest BCUT2D eigenvalue weighted by Gasteiger charge is -2.37. The topological polar surface area (TPSA) is 36.1 Å². The fraction of sp³-hybridized carbons (Fsp3) is 0.111. The summed E-state index contributed by atoms with van der Waals surface area (Å²) < 4.78 is 0.148. The van der Waals surface area contributed by atoms with Gasteiger partial charge in [-0.2, -0.15) is 0 Å². The van der Waals surface area contributed by atoms with Crippen LogP contribution >= 0.6 is 22.6 Å². The van der Waals surface area contributed by atoms with Crippen molar-refractivity contribution in [1.29, 1.82) is 0 Å². The largest absolute Gasteiger partial charge is 0.279 e. The first-order valence-electron chi connectivity index (χ1n) is 10.5. The standard InChI is InChI=1S/C27H24IN3/c28-27-30-25(21-14-8-3-9-15-21)29-26(31-27)24-17-22(19-10-4-1-5-11-19)16-23(18-24)20-12-6-2-7-13-20/h1-18,25-27,29-31H. The van der Waals surface area contributed by atoms with Crippen molar-refractivity contribution >= 4 is 22.6 Å². The lowest BCUT2D eigenvalue weighted by molar-refractivity contribution is 0.258. The van der Waals surface area contributed by atoms with E-state index < -0.39 is 0 Å². The first-order valence-corrected chi connectivity index (χ1v) is 11.7. The molecule has 1 aliphatic heterocycles. The van der Waals surface area contributed by atoms with E-state index in [1.165, 1.54) is 33.4 Å². The zero-order chi connectivity index (χ0) is 21.0. The lowest BCUT2D eigenvalue weighted by Crippen LogP contribution is -2.56. The fourth-order valence-corrected chi connectivity index (χ4v) is 4.77. The Morgan fingerprint density at radius 3 is 1.42 bits per heavy atom. The maximum atomic E-state index is 3.75. The number of alkyl halides is 1. The smallest absolute Gasteiger partial charge is 0.114 e. The minimum absolute atomic E-state index is 0.0273. The van der Waals surface area contributed by atoms with Crippen molar-refractivity contribution in [1.82, 2.24) is 16.0 Å². The van der Waals surface area contributed by atoms with E-state index >= 15 is 0 Å². The Kier molecular flexibility index (Phi) is 6.13. The summed E-state index contributed by atoms with van der Waals surface area (Å²) in [7, 11) is 0. The van der Waals surface area contributed by atoms with Crippen molar-refractivity contribution in [3.63, 3.8) is 0 Å². The van der Waals surface area contributed by atoms with Gasteiger partial charge in [-0.15, -0.1) is 0 Å². The van der Waals surface area contributed by atoms with Gasteiger partial charge in [0.05, 0.1) is 12.3 Å². The van der Waals surface area contributed by atoms with Gasteiger partial charge in [-0.1, -0.05) is 91.0 Å². The van der Waals surface area contributed by atoms with Gasteiger partial charge < -0.3 is 0 Å². The highest BCUT2D eigenvalue weighted by atomic mass is 127. The van der Waals surface area contributed by atoms with Gasteiger partial charge >= 0.3 is 0 Å². The van der Waals surface area contributed by atoms with E-state index in [0.29, 0.717) is 0 Å². The third-order valence-electron chi connectivity index (χ3n) is 5.60. The van der Waals surface area contributed by atoms with Crippen LogP contribution in [0.25, 0.3) is 22.3 Å². The summed E-state index contributed by atoms with van der Waals surface area (Å²) >= 11 is 2.42. The first kappa shape index (κ1) is 20.4. The van der Waals surface area contributed by atoms with E-state index in [-0.39, 0.29) is 16.5 Å². The number of rotatable bonds is 4. The molecule has 3 unspecified atom stereocenters. The average Bonchev–Trinajstić information content (AvgIpc) is 2.85. The molecule has 31 heavy (non-hydrogen) atoms. The van der Waals surface area contributed by atoms with Crippen molar-refractivity contribution in [3.8, 4) is 22.3 Å². The van der Waals surface area contributed by atoms with Crippen molar-refractivity contribution in [2.45, 2.75) is 16.5 Å². The highest BCUT2D eigenvalue weighted by molar-refractivity contribution is 14.1. The Morgan fingerprint density at radius 2 is 0.903 bits per heavy atom. The Labute approximate surface area is 197 Å². The average molecular weight is 517 g/mol. The molecule has 3 N–H and O–H groups in total. The number of benzene rings is 4. The maximum absolute atomic E-state index is 3.75. The van der Waals surface area contributed by atoms with Crippen LogP contribution in [0.1, 0.15) is 23.5 Å². The van der Waals surface area contributed by atoms with Gasteiger partial charge in [-0.05, 0) is 74.2 Å². The molecule has 0 aliphatic carbocycles. The molecule has 4 aromatic rings. The molecule has 4 aromatic carbocycles. The fourth-order valence-electron chi connectivity index (χ4n) is 4.05. The molecular formula is C27H24IN3. The molecule has 1 aliphatic rings. The van der Waals surface area contributed by atoms with E-state index in [9.17, 15) is 0 Å². The molecule has 0 saturated carbocycles. The normalized spacial score (nSPS) is 21.0. The minimum Gasteiger partial charge on any atom is -0.279 e. The van der Waals surface area contributed by atoms with Crippen LogP contribution in [0.2, 0.25) is 0 Å². The van der Waals surface area contributed by atoms with Gasteiger partial charge in [0.15, 0.2) is 0 Å². The van der Waals surface area contributed by atoms with E-state index in [1.807, 2.05) is 0 Å². The van der Waals surface area contributed by atoms with Gasteiger partial charge in [0, 0.05) is 0 Å². The van der Waals surface area contributed by atoms with Crippen molar-refractivity contribution < 1.29 is 0 Å². The lowest BCUT2D eigenvalue weighted by atomic mass is 9.95. The predicted molar refractivity (Wildman–Crippen MR) is 136 cm³/mol. The molecule has 154 valence electrons. The third kappa shape index (κ3) is 4.72. The van der Waals surface area contributed by atoms with E-state index in [1.54, 1.807) is 0 Å². The van der Waals surface area contributed by atoms with Gasteiger partial charge in [0.1, 0.15) is 4.17 Å². The summed E-state index contributed by atoms with van der Waals surface area (Å²) in [4.78, 5) is 0. The molecular weight excluding hydrogens is 493 g/mol. The molecule has 1 heterocycles. The molecule has 0 aromatic heterocycles. The van der Waals surface area contributed by atoms with E-state index in [4.69, 9.17) is 0 Å². The van der Waals surface area contributed by atoms with Gasteiger partial charge in [0.2, 0.25) is 0 Å². The molecule has 3 atom stereocenters. The number of halogens is 1. The van der Waals surface area contributed by atoms with Crippen LogP contribution in [-0.4, -0.2) is 4.17 Å². The van der Waals surface area contributed by atoms with Crippen LogP contribution < -0.4 is 16.0 Å². The number of nitrogens with one attached hydrogen (secondary N) is 3. The van der Waals surface area contributed by atoms with Crippen LogP contribution in [0.3, 0.4) is 0 Å². The van der Waals surface area contributed by atoms with Crippen molar-refractivity contribution in [2.24, 2.45) is 0 Å². The van der Waals surface area contributed by atoms with Crippen LogP contribution in [0.15, 0.2) is 109 Å². The molecule has 3 nitrogen and oxygen atoms in total. The summed E-state index contributed by atoms with van der Waals surface area (Å²) in [5.41, 5.74) is 7.35. The predicted octanol–water partition coefficient (Wildman–Crippen LogP) is 6.22. The van der Waals surface area contributed by atoms with Crippen molar-refractivity contribution in [2.75, 3.05) is 0 Å². The zero-order valence-electron chi connectivity index (χ0n) is 17.0. The zero-order valence-corrected chi connectivity index (χ0v) is 19.2. The van der Waals surface area contributed by atoms with E-state index in [0.717, 1.165) is 0 Å². The first-order chi connectivity index (χ1) is 15.3. The summed E-state index contributed by atoms with van der Waals surface area (Å²) in [6, 6.07) is 38.6. The van der Waals surface area contributed by atoms with Gasteiger partial charge in [0.25, 0.3) is 0 Å². The number of hydrogen-bond donors (Lipinski definition) is 3. The molecule has 4 heteroatoms. The van der Waals surface area contributed by atoms with Gasteiger partial charge in [-0.25, -0.2) is 0 Å². The van der Waals surface area contributed by atoms with Crippen molar-refractivity contribution in [3.05, 3.63) is 120 Å². The molecule has 0 radical (unpaired) electrons. The Morgan fingerprint density at radius 1 is 0.452 bits per heavy atom. The number of hydrogen-bond acceptors (Lipinski definition) is 3. The van der Waals surface area contributed by atoms with Crippen LogP contribution in [0.4, 0.5) is 0 Å². The monoisotopic (exact) mass is 517 g/mol. The maximum Gasteiger partial charge on any atom is 0.114 e. The van der Waals surface area contributed by atoms with Gasteiger partial charge in [-0.3, -0.25) is 16.0 Å². The Balaban J connectivity index is 1.56. The summed E-state index contributed by atoms with van der Waals surface area (Å²) in [5.74, 6) is 0. The molecule has 0 bridgehead atoms. The highest BCUT2D eigenvalue weighted by Crippen LogP contribution is 2.32. The second kappa shape index (κ2) is 9.32. The molecule has 0 spiro atoms. The minimum atomic E-state index is 0.0273. The van der Waals surface area contributed by atoms with E-state index in [2.05, 4.69) is 148 Å².